The van der Waals surface area contributed by atoms with Crippen molar-refractivity contribution in [3.8, 4) is 0 Å². The van der Waals surface area contributed by atoms with Gasteiger partial charge in [-0.1, -0.05) is 0 Å². The summed E-state index contributed by atoms with van der Waals surface area (Å²) in [4.78, 5) is 5.52. The summed E-state index contributed by atoms with van der Waals surface area (Å²) in [7, 11) is 0. The number of nitrogens with zero attached hydrogens (tertiary/aromatic N) is 2. The van der Waals surface area contributed by atoms with E-state index < -0.39 is 11.7 Å². The maximum absolute atomic E-state index is 12.3. The van der Waals surface area contributed by atoms with Crippen LogP contribution in [0.25, 0.3) is 0 Å². The van der Waals surface area contributed by atoms with Crippen molar-refractivity contribution in [1.29, 1.82) is 0 Å². The van der Waals surface area contributed by atoms with Crippen LogP contribution >= 0.6 is 0 Å². The van der Waals surface area contributed by atoms with E-state index in [0.29, 0.717) is 12.4 Å². The van der Waals surface area contributed by atoms with E-state index in [0.717, 1.165) is 12.3 Å². The van der Waals surface area contributed by atoms with Gasteiger partial charge in [0.05, 0.1) is 12.2 Å². The lowest BCUT2D eigenvalue weighted by atomic mass is 10.2. The Labute approximate surface area is 97.9 Å². The smallest absolute Gasteiger partial charge is 0.395 e. The van der Waals surface area contributed by atoms with E-state index in [9.17, 15) is 13.2 Å². The molecular weight excluding hydrogens is 233 g/mol. The maximum atomic E-state index is 12.3. The molecule has 3 nitrogen and oxygen atoms in total. The second kappa shape index (κ2) is 5.35. The molecule has 1 N–H and O–H groups in total. The SMILES string of the molecule is CC(C)N(CCO)c1ccc(C(F)(F)F)cn1. The lowest BCUT2D eigenvalue weighted by Gasteiger charge is -2.27. The molecule has 1 aromatic rings. The molecule has 96 valence electrons. The third-order valence-corrected chi connectivity index (χ3v) is 2.33. The number of hydrogen-bond acceptors (Lipinski definition) is 3. The van der Waals surface area contributed by atoms with Crippen molar-refractivity contribution in [2.45, 2.75) is 26.1 Å². The number of aliphatic hydroxyl groups excluding tert-OH is 1. The van der Waals surface area contributed by atoms with Gasteiger partial charge in [0.15, 0.2) is 0 Å². The van der Waals surface area contributed by atoms with Crippen molar-refractivity contribution in [3.63, 3.8) is 0 Å². The van der Waals surface area contributed by atoms with Crippen LogP contribution < -0.4 is 4.90 Å². The molecule has 0 aliphatic carbocycles. The van der Waals surface area contributed by atoms with E-state index >= 15 is 0 Å². The van der Waals surface area contributed by atoms with Gasteiger partial charge >= 0.3 is 6.18 Å². The lowest BCUT2D eigenvalue weighted by molar-refractivity contribution is -0.137. The number of halogens is 3. The Morgan fingerprint density at radius 2 is 2.00 bits per heavy atom. The summed E-state index contributed by atoms with van der Waals surface area (Å²) in [5, 5.41) is 8.88. The van der Waals surface area contributed by atoms with Crippen LogP contribution in [0.15, 0.2) is 18.3 Å². The van der Waals surface area contributed by atoms with Gasteiger partial charge in [-0.3, -0.25) is 0 Å². The summed E-state index contributed by atoms with van der Waals surface area (Å²) < 4.78 is 37.0. The number of hydrogen-bond donors (Lipinski definition) is 1. The van der Waals surface area contributed by atoms with Crippen molar-refractivity contribution in [1.82, 2.24) is 4.98 Å². The van der Waals surface area contributed by atoms with Gasteiger partial charge < -0.3 is 10.0 Å². The zero-order valence-corrected chi connectivity index (χ0v) is 9.70. The fourth-order valence-corrected chi connectivity index (χ4v) is 1.47. The Bertz CT molecular complexity index is 349. The van der Waals surface area contributed by atoms with Crippen molar-refractivity contribution in [3.05, 3.63) is 23.9 Å². The molecule has 0 spiro atoms. The first-order chi connectivity index (χ1) is 7.86. The molecule has 0 saturated heterocycles. The Hall–Kier alpha value is -1.30. The zero-order valence-electron chi connectivity index (χ0n) is 9.70. The zero-order chi connectivity index (χ0) is 13.1. The molecule has 17 heavy (non-hydrogen) atoms. The minimum atomic E-state index is -4.37. The van der Waals surface area contributed by atoms with E-state index in [4.69, 9.17) is 5.11 Å². The maximum Gasteiger partial charge on any atom is 0.417 e. The normalized spacial score (nSPS) is 11.9. The Morgan fingerprint density at radius 3 is 2.35 bits per heavy atom. The number of aliphatic hydroxyl groups is 1. The van der Waals surface area contributed by atoms with Gasteiger partial charge in [0.25, 0.3) is 0 Å². The third-order valence-electron chi connectivity index (χ3n) is 2.33. The van der Waals surface area contributed by atoms with Crippen LogP contribution in [0, 0.1) is 0 Å². The average molecular weight is 248 g/mol. The highest BCUT2D eigenvalue weighted by atomic mass is 19.4. The Balaban J connectivity index is 2.92. The van der Waals surface area contributed by atoms with E-state index in [1.54, 1.807) is 4.90 Å². The molecule has 6 heteroatoms. The first-order valence-corrected chi connectivity index (χ1v) is 5.27. The first kappa shape index (κ1) is 13.8. The highest BCUT2D eigenvalue weighted by Crippen LogP contribution is 2.29. The molecule has 0 aliphatic heterocycles. The topological polar surface area (TPSA) is 36.4 Å². The van der Waals surface area contributed by atoms with Gasteiger partial charge in [-0.05, 0) is 26.0 Å². The summed E-state index contributed by atoms with van der Waals surface area (Å²) in [6.07, 6.45) is -3.56. The van der Waals surface area contributed by atoms with Gasteiger partial charge in [-0.15, -0.1) is 0 Å². The lowest BCUT2D eigenvalue weighted by Crippen LogP contribution is -2.34. The van der Waals surface area contributed by atoms with Gasteiger partial charge in [0.1, 0.15) is 5.82 Å². The number of alkyl halides is 3. The summed E-state index contributed by atoms with van der Waals surface area (Å²) in [6, 6.07) is 2.37. The molecule has 1 aromatic heterocycles. The number of rotatable bonds is 4. The summed E-state index contributed by atoms with van der Waals surface area (Å²) in [5.74, 6) is 0.432. The molecule has 0 amide bonds. The molecule has 0 unspecified atom stereocenters. The van der Waals surface area contributed by atoms with Gasteiger partial charge in [0.2, 0.25) is 0 Å². The van der Waals surface area contributed by atoms with Crippen molar-refractivity contribution < 1.29 is 18.3 Å². The molecule has 0 bridgehead atoms. The summed E-state index contributed by atoms with van der Waals surface area (Å²) >= 11 is 0. The molecule has 0 atom stereocenters. The second-order valence-corrected chi connectivity index (χ2v) is 3.91. The molecule has 1 rings (SSSR count). The quantitative estimate of drug-likeness (QED) is 0.888. The van der Waals surface area contributed by atoms with Crippen LogP contribution in [0.2, 0.25) is 0 Å². The van der Waals surface area contributed by atoms with Gasteiger partial charge in [-0.25, -0.2) is 4.98 Å². The number of anilines is 1. The Kier molecular flexibility index (Phi) is 4.34. The van der Waals surface area contributed by atoms with E-state index in [-0.39, 0.29) is 12.6 Å². The first-order valence-electron chi connectivity index (χ1n) is 5.27. The molecule has 0 radical (unpaired) electrons. The van der Waals surface area contributed by atoms with Crippen molar-refractivity contribution in [2.24, 2.45) is 0 Å². The molecule has 0 saturated carbocycles. The summed E-state index contributed by atoms with van der Waals surface area (Å²) in [6.45, 7) is 4.04. The van der Waals surface area contributed by atoms with E-state index in [2.05, 4.69) is 4.98 Å². The Morgan fingerprint density at radius 1 is 1.35 bits per heavy atom. The second-order valence-electron chi connectivity index (χ2n) is 3.91. The highest BCUT2D eigenvalue weighted by molar-refractivity contribution is 5.40. The van der Waals surface area contributed by atoms with Crippen LogP contribution in [0.5, 0.6) is 0 Å². The minimum Gasteiger partial charge on any atom is -0.395 e. The number of aromatic nitrogens is 1. The standard InChI is InChI=1S/C11H15F3N2O/c1-8(2)16(5-6-17)10-4-3-9(7-15-10)11(12,13)14/h3-4,7-8,17H,5-6H2,1-2H3. The molecule has 0 fully saturated rings. The molecule has 0 aliphatic rings. The van der Waals surface area contributed by atoms with Gasteiger partial charge in [-0.2, -0.15) is 13.2 Å². The van der Waals surface area contributed by atoms with Crippen LogP contribution in [0.1, 0.15) is 19.4 Å². The van der Waals surface area contributed by atoms with Crippen molar-refractivity contribution >= 4 is 5.82 Å². The number of pyridine rings is 1. The largest absolute Gasteiger partial charge is 0.417 e. The average Bonchev–Trinajstić information content (AvgIpc) is 2.24. The summed E-state index contributed by atoms with van der Waals surface area (Å²) in [5.41, 5.74) is -0.769. The van der Waals surface area contributed by atoms with Crippen LogP contribution in [-0.4, -0.2) is 29.3 Å². The fourth-order valence-electron chi connectivity index (χ4n) is 1.47. The molecular formula is C11H15F3N2O. The van der Waals surface area contributed by atoms with Crippen LogP contribution in [-0.2, 0) is 6.18 Å². The monoisotopic (exact) mass is 248 g/mol. The van der Waals surface area contributed by atoms with Gasteiger partial charge in [0, 0.05) is 18.8 Å². The predicted octanol–water partition coefficient (Wildman–Crippen LogP) is 2.31. The van der Waals surface area contributed by atoms with E-state index in [1.807, 2.05) is 13.8 Å². The minimum absolute atomic E-state index is 0.0615. The van der Waals surface area contributed by atoms with Crippen LogP contribution in [0.4, 0.5) is 19.0 Å². The van der Waals surface area contributed by atoms with Crippen LogP contribution in [0.3, 0.4) is 0 Å². The fraction of sp³-hybridized carbons (Fsp3) is 0.545. The molecule has 0 aromatic carbocycles. The third kappa shape index (κ3) is 3.59. The molecule has 1 heterocycles. The van der Waals surface area contributed by atoms with Crippen molar-refractivity contribution in [2.75, 3.05) is 18.1 Å². The highest BCUT2D eigenvalue weighted by Gasteiger charge is 2.30. The predicted molar refractivity (Wildman–Crippen MR) is 58.8 cm³/mol. The van der Waals surface area contributed by atoms with E-state index in [1.165, 1.54) is 6.07 Å².